The summed E-state index contributed by atoms with van der Waals surface area (Å²) in [4.78, 5) is 32.3. The molecule has 0 saturated carbocycles. The van der Waals surface area contributed by atoms with Crippen LogP contribution in [0, 0.1) is 10.1 Å². The average molecular weight is 329 g/mol. The standard InChI is InChI=1S/C15H15N5O4/c1-15(9-19(10-15)13-16-7-2-8-17-13)18-14(21)24-12-5-3-11(4-6-12)20(22)23/h2-8H,9-10H2,1H3,(H,18,21). The number of nitro benzene ring substituents is 1. The summed E-state index contributed by atoms with van der Waals surface area (Å²) in [5.74, 6) is 0.852. The largest absolute Gasteiger partial charge is 0.413 e. The van der Waals surface area contributed by atoms with Crippen LogP contribution in [0.25, 0.3) is 0 Å². The highest BCUT2D eigenvalue weighted by atomic mass is 16.6. The second kappa shape index (κ2) is 6.11. The topological polar surface area (TPSA) is 110 Å². The van der Waals surface area contributed by atoms with E-state index in [1.807, 2.05) is 11.8 Å². The molecule has 1 aromatic heterocycles. The minimum absolute atomic E-state index is 0.0628. The Balaban J connectivity index is 1.53. The number of rotatable bonds is 4. The zero-order chi connectivity index (χ0) is 17.2. The van der Waals surface area contributed by atoms with Crippen LogP contribution in [0.3, 0.4) is 0 Å². The van der Waals surface area contributed by atoms with Gasteiger partial charge in [0.15, 0.2) is 0 Å². The number of carbonyl (C=O) groups excluding carboxylic acids is 1. The van der Waals surface area contributed by atoms with Crippen LogP contribution >= 0.6 is 0 Å². The van der Waals surface area contributed by atoms with Crippen LogP contribution in [0.4, 0.5) is 16.4 Å². The van der Waals surface area contributed by atoms with Gasteiger partial charge >= 0.3 is 6.09 Å². The predicted molar refractivity (Wildman–Crippen MR) is 84.9 cm³/mol. The van der Waals surface area contributed by atoms with Crippen molar-refractivity contribution >= 4 is 17.7 Å². The fourth-order valence-electron chi connectivity index (χ4n) is 2.49. The van der Waals surface area contributed by atoms with E-state index >= 15 is 0 Å². The maximum absolute atomic E-state index is 12.0. The lowest BCUT2D eigenvalue weighted by atomic mass is 9.93. The Hall–Kier alpha value is -3.23. The Bertz CT molecular complexity index is 744. The number of amides is 1. The molecule has 9 heteroatoms. The molecule has 0 atom stereocenters. The Kier molecular flexibility index (Phi) is 3.98. The van der Waals surface area contributed by atoms with Crippen molar-refractivity contribution < 1.29 is 14.5 Å². The zero-order valence-electron chi connectivity index (χ0n) is 12.9. The minimum atomic E-state index is -0.611. The van der Waals surface area contributed by atoms with Gasteiger partial charge in [0.2, 0.25) is 5.95 Å². The molecule has 9 nitrogen and oxygen atoms in total. The van der Waals surface area contributed by atoms with Gasteiger partial charge in [-0.1, -0.05) is 0 Å². The minimum Gasteiger partial charge on any atom is -0.410 e. The molecule has 124 valence electrons. The molecule has 24 heavy (non-hydrogen) atoms. The summed E-state index contributed by atoms with van der Waals surface area (Å²) in [6.45, 7) is 3.02. The van der Waals surface area contributed by atoms with Gasteiger partial charge in [0.25, 0.3) is 5.69 Å². The first-order chi connectivity index (χ1) is 11.5. The molecule has 1 amide bonds. The van der Waals surface area contributed by atoms with Crippen LogP contribution in [-0.2, 0) is 0 Å². The number of anilines is 1. The third-order valence-corrected chi connectivity index (χ3v) is 3.58. The molecular weight excluding hydrogens is 314 g/mol. The van der Waals surface area contributed by atoms with Crippen molar-refractivity contribution in [3.05, 3.63) is 52.8 Å². The zero-order valence-corrected chi connectivity index (χ0v) is 12.9. The van der Waals surface area contributed by atoms with Gasteiger partial charge in [-0.05, 0) is 25.1 Å². The average Bonchev–Trinajstić information content (AvgIpc) is 2.53. The van der Waals surface area contributed by atoms with E-state index in [-0.39, 0.29) is 11.4 Å². The summed E-state index contributed by atoms with van der Waals surface area (Å²) >= 11 is 0. The van der Waals surface area contributed by atoms with Crippen molar-refractivity contribution in [1.29, 1.82) is 0 Å². The van der Waals surface area contributed by atoms with Crippen LogP contribution in [0.15, 0.2) is 42.7 Å². The first-order valence-electron chi connectivity index (χ1n) is 7.22. The highest BCUT2D eigenvalue weighted by molar-refractivity contribution is 5.72. The lowest BCUT2D eigenvalue weighted by Crippen LogP contribution is -2.69. The summed E-state index contributed by atoms with van der Waals surface area (Å²) < 4.78 is 5.14. The third-order valence-electron chi connectivity index (χ3n) is 3.58. The molecule has 1 aromatic carbocycles. The van der Waals surface area contributed by atoms with Gasteiger partial charge < -0.3 is 15.0 Å². The summed E-state index contributed by atoms with van der Waals surface area (Å²) in [6, 6.07) is 7.06. The van der Waals surface area contributed by atoms with Crippen molar-refractivity contribution in [3.63, 3.8) is 0 Å². The smallest absolute Gasteiger partial charge is 0.410 e. The van der Waals surface area contributed by atoms with Gasteiger partial charge in [0.1, 0.15) is 5.75 Å². The summed E-state index contributed by atoms with van der Waals surface area (Å²) in [7, 11) is 0. The third kappa shape index (κ3) is 3.40. The van der Waals surface area contributed by atoms with E-state index in [9.17, 15) is 14.9 Å². The number of aromatic nitrogens is 2. The summed E-state index contributed by atoms with van der Waals surface area (Å²) in [5, 5.41) is 13.4. The van der Waals surface area contributed by atoms with Crippen molar-refractivity contribution in [1.82, 2.24) is 15.3 Å². The van der Waals surface area contributed by atoms with Crippen LogP contribution in [0.1, 0.15) is 6.92 Å². The second-order valence-electron chi connectivity index (χ2n) is 5.73. The number of nitrogens with one attached hydrogen (secondary N) is 1. The lowest BCUT2D eigenvalue weighted by Gasteiger charge is -2.47. The molecule has 1 saturated heterocycles. The number of non-ortho nitro benzene ring substituents is 1. The molecule has 0 unspecified atom stereocenters. The van der Waals surface area contributed by atoms with E-state index in [0.29, 0.717) is 19.0 Å². The Labute approximate surface area is 137 Å². The monoisotopic (exact) mass is 329 g/mol. The molecule has 1 N–H and O–H groups in total. The van der Waals surface area contributed by atoms with E-state index in [0.717, 1.165) is 0 Å². The fraction of sp³-hybridized carbons (Fsp3) is 0.267. The summed E-state index contributed by atoms with van der Waals surface area (Å²) in [5.41, 5.74) is -0.510. The molecule has 1 aliphatic rings. The van der Waals surface area contributed by atoms with Crippen LogP contribution in [0.2, 0.25) is 0 Å². The van der Waals surface area contributed by atoms with E-state index in [2.05, 4.69) is 15.3 Å². The van der Waals surface area contributed by atoms with Gasteiger partial charge in [-0.15, -0.1) is 0 Å². The van der Waals surface area contributed by atoms with Crippen LogP contribution in [-0.4, -0.2) is 39.6 Å². The maximum atomic E-state index is 12.0. The number of nitrogens with zero attached hydrogens (tertiary/aromatic N) is 4. The van der Waals surface area contributed by atoms with Crippen LogP contribution in [0.5, 0.6) is 5.75 Å². The van der Waals surface area contributed by atoms with Crippen LogP contribution < -0.4 is 15.0 Å². The van der Waals surface area contributed by atoms with Gasteiger partial charge in [0.05, 0.1) is 10.5 Å². The first-order valence-corrected chi connectivity index (χ1v) is 7.22. The van der Waals surface area contributed by atoms with Gasteiger partial charge in [-0.3, -0.25) is 10.1 Å². The van der Waals surface area contributed by atoms with Gasteiger partial charge in [0, 0.05) is 37.6 Å². The maximum Gasteiger partial charge on any atom is 0.413 e. The lowest BCUT2D eigenvalue weighted by molar-refractivity contribution is -0.384. The number of hydrogen-bond acceptors (Lipinski definition) is 7. The number of ether oxygens (including phenoxy) is 1. The molecule has 2 aromatic rings. The highest BCUT2D eigenvalue weighted by Gasteiger charge is 2.41. The molecule has 1 fully saturated rings. The number of carbonyl (C=O) groups is 1. The second-order valence-corrected chi connectivity index (χ2v) is 5.73. The van der Waals surface area contributed by atoms with Crippen molar-refractivity contribution in [2.45, 2.75) is 12.5 Å². The Morgan fingerprint density at radius 2 is 1.92 bits per heavy atom. The van der Waals surface area contributed by atoms with Gasteiger partial charge in [-0.25, -0.2) is 14.8 Å². The number of benzene rings is 1. The molecule has 0 aliphatic carbocycles. The van der Waals surface area contributed by atoms with Crippen molar-refractivity contribution in [2.24, 2.45) is 0 Å². The molecule has 1 aliphatic heterocycles. The van der Waals surface area contributed by atoms with E-state index in [1.54, 1.807) is 18.5 Å². The summed E-state index contributed by atoms with van der Waals surface area (Å²) in [6.07, 6.45) is 2.71. The molecular formula is C15H15N5O4. The molecule has 3 rings (SSSR count). The number of hydrogen-bond donors (Lipinski definition) is 1. The van der Waals surface area contributed by atoms with Gasteiger partial charge in [-0.2, -0.15) is 0 Å². The molecule has 2 heterocycles. The number of nitro groups is 1. The predicted octanol–water partition coefficient (Wildman–Crippen LogP) is 1.75. The SMILES string of the molecule is CC1(NC(=O)Oc2ccc([N+](=O)[O-])cc2)CN(c2ncccn2)C1. The Morgan fingerprint density at radius 3 is 2.50 bits per heavy atom. The van der Waals surface area contributed by atoms with Crippen molar-refractivity contribution in [2.75, 3.05) is 18.0 Å². The highest BCUT2D eigenvalue weighted by Crippen LogP contribution is 2.24. The van der Waals surface area contributed by atoms with Crippen molar-refractivity contribution in [3.8, 4) is 5.75 Å². The van der Waals surface area contributed by atoms with E-state index in [1.165, 1.54) is 24.3 Å². The quantitative estimate of drug-likeness (QED) is 0.672. The normalized spacial score (nSPS) is 15.3. The Morgan fingerprint density at radius 1 is 1.29 bits per heavy atom. The molecule has 0 bridgehead atoms. The molecule has 0 radical (unpaired) electrons. The first kappa shape index (κ1) is 15.7. The van der Waals surface area contributed by atoms with E-state index < -0.39 is 16.6 Å². The van der Waals surface area contributed by atoms with E-state index in [4.69, 9.17) is 4.74 Å². The molecule has 0 spiro atoms. The fourth-order valence-corrected chi connectivity index (χ4v) is 2.49.